The highest BCUT2D eigenvalue weighted by Crippen LogP contribution is 2.37. The molecule has 3 N–H and O–H groups in total. The molecule has 1 heterocycles. The Morgan fingerprint density at radius 2 is 2.00 bits per heavy atom. The molecule has 0 amide bonds. The van der Waals surface area contributed by atoms with E-state index in [0.29, 0.717) is 4.88 Å². The molecule has 0 saturated carbocycles. The van der Waals surface area contributed by atoms with Crippen LogP contribution in [-0.2, 0) is 0 Å². The van der Waals surface area contributed by atoms with Crippen LogP contribution in [0.5, 0.6) is 0 Å². The van der Waals surface area contributed by atoms with Gasteiger partial charge in [-0.3, -0.25) is 10.2 Å². The first-order valence-electron chi connectivity index (χ1n) is 5.25. The molecule has 0 saturated heterocycles. The molecule has 0 aliphatic heterocycles. The minimum atomic E-state index is -0.413. The lowest BCUT2D eigenvalue weighted by Gasteiger charge is -1.99. The lowest BCUT2D eigenvalue weighted by molar-refractivity contribution is 0.106. The van der Waals surface area contributed by atoms with Gasteiger partial charge in [-0.1, -0.05) is 30.3 Å². The minimum Gasteiger partial charge on any atom is -0.381 e. The largest absolute Gasteiger partial charge is 0.381 e. The molecular weight excluding hydrogens is 264 g/mol. The number of nitrogens with one attached hydrogen (secondary N) is 1. The van der Waals surface area contributed by atoms with E-state index in [-0.39, 0.29) is 0 Å². The second-order valence-corrected chi connectivity index (χ2v) is 5.75. The molecule has 0 atom stereocenters. The first-order valence-corrected chi connectivity index (χ1v) is 7.29. The van der Waals surface area contributed by atoms with E-state index < -0.39 is 11.6 Å². The Labute approximate surface area is 114 Å². The van der Waals surface area contributed by atoms with Gasteiger partial charge in [0.25, 0.3) is 0 Å². The molecule has 2 aromatic rings. The molecule has 1 aromatic carbocycles. The molecule has 0 fully saturated rings. The molecule has 18 heavy (non-hydrogen) atoms. The average Bonchev–Trinajstić information content (AvgIpc) is 2.82. The van der Waals surface area contributed by atoms with Crippen molar-refractivity contribution in [3.05, 3.63) is 41.3 Å². The van der Waals surface area contributed by atoms with Crippen LogP contribution in [0.3, 0.4) is 0 Å². The molecule has 2 rings (SSSR count). The number of hydrogen-bond donors (Lipinski definition) is 2. The zero-order valence-corrected chi connectivity index (χ0v) is 11.4. The molecule has 0 aliphatic carbocycles. The van der Waals surface area contributed by atoms with E-state index in [1.807, 2.05) is 42.7 Å². The first kappa shape index (κ1) is 12.9. The van der Waals surface area contributed by atoms with Crippen molar-refractivity contribution >= 4 is 34.7 Å². The Balaban J connectivity index is 2.49. The maximum Gasteiger partial charge on any atom is 0.237 e. The highest BCUT2D eigenvalue weighted by Gasteiger charge is 2.17. The quantitative estimate of drug-likeness (QED) is 0.390. The molecule has 0 aliphatic rings. The molecule has 0 spiro atoms. The number of carbonyl (C=O) groups is 1. The van der Waals surface area contributed by atoms with Crippen molar-refractivity contribution in [3.63, 3.8) is 0 Å². The number of rotatable bonds is 4. The fraction of sp³-hybridized carbons (Fsp3) is 0.0769. The van der Waals surface area contributed by atoms with Crippen molar-refractivity contribution in [2.75, 3.05) is 6.26 Å². The molecule has 0 radical (unpaired) electrons. The highest BCUT2D eigenvalue weighted by atomic mass is 32.2. The summed E-state index contributed by atoms with van der Waals surface area (Å²) < 4.78 is 1.06. The van der Waals surface area contributed by atoms with Gasteiger partial charge in [0.15, 0.2) is 5.84 Å². The number of carbonyl (C=O) groups excluding carboxylic acids is 1. The summed E-state index contributed by atoms with van der Waals surface area (Å²) in [5, 5.41) is 7.21. The maximum absolute atomic E-state index is 11.7. The third-order valence-electron chi connectivity index (χ3n) is 2.44. The Morgan fingerprint density at radius 3 is 2.56 bits per heavy atom. The van der Waals surface area contributed by atoms with Crippen molar-refractivity contribution in [3.8, 4) is 11.1 Å². The normalized spacial score (nSPS) is 10.3. The van der Waals surface area contributed by atoms with E-state index >= 15 is 0 Å². The van der Waals surface area contributed by atoms with Gasteiger partial charge in [0, 0.05) is 5.56 Å². The number of ketones is 1. The predicted octanol–water partition coefficient (Wildman–Crippen LogP) is 3.26. The zero-order chi connectivity index (χ0) is 13.1. The summed E-state index contributed by atoms with van der Waals surface area (Å²) in [5.41, 5.74) is 7.34. The topological polar surface area (TPSA) is 66.9 Å². The van der Waals surface area contributed by atoms with Crippen molar-refractivity contribution in [1.29, 1.82) is 5.41 Å². The predicted molar refractivity (Wildman–Crippen MR) is 77.8 cm³/mol. The lowest BCUT2D eigenvalue weighted by Crippen LogP contribution is -2.21. The van der Waals surface area contributed by atoms with Crippen LogP contribution >= 0.6 is 23.1 Å². The minimum absolute atomic E-state index is 0.405. The van der Waals surface area contributed by atoms with Crippen molar-refractivity contribution in [1.82, 2.24) is 0 Å². The van der Waals surface area contributed by atoms with E-state index in [1.165, 1.54) is 11.3 Å². The number of hydrogen-bond acceptors (Lipinski definition) is 4. The van der Waals surface area contributed by atoms with E-state index in [0.717, 1.165) is 15.3 Å². The molecule has 92 valence electrons. The van der Waals surface area contributed by atoms with Crippen LogP contribution in [0.25, 0.3) is 11.1 Å². The molecule has 1 aromatic heterocycles. The van der Waals surface area contributed by atoms with Gasteiger partial charge in [-0.15, -0.1) is 23.1 Å². The Bertz CT molecular complexity index is 590. The summed E-state index contributed by atoms with van der Waals surface area (Å²) in [6.07, 6.45) is 1.97. The van der Waals surface area contributed by atoms with Gasteiger partial charge in [0.05, 0.1) is 9.09 Å². The second-order valence-electron chi connectivity index (χ2n) is 3.62. The summed E-state index contributed by atoms with van der Waals surface area (Å²) in [4.78, 5) is 12.2. The Hall–Kier alpha value is -1.59. The van der Waals surface area contributed by atoms with Crippen LogP contribution in [0.1, 0.15) is 9.67 Å². The summed E-state index contributed by atoms with van der Waals surface area (Å²) in [5.74, 6) is -0.819. The highest BCUT2D eigenvalue weighted by molar-refractivity contribution is 8.00. The fourth-order valence-corrected chi connectivity index (χ4v) is 3.45. The van der Waals surface area contributed by atoms with Gasteiger partial charge in [0.1, 0.15) is 0 Å². The second kappa shape index (κ2) is 5.37. The number of thiophene rings is 1. The molecule has 5 heteroatoms. The maximum atomic E-state index is 11.7. The van der Waals surface area contributed by atoms with E-state index in [1.54, 1.807) is 11.8 Å². The summed E-state index contributed by atoms with van der Waals surface area (Å²) in [6, 6.07) is 11.7. The van der Waals surface area contributed by atoms with Crippen molar-refractivity contribution in [2.24, 2.45) is 5.73 Å². The van der Waals surface area contributed by atoms with Crippen LogP contribution in [0.2, 0.25) is 0 Å². The number of amidine groups is 1. The Morgan fingerprint density at radius 1 is 1.33 bits per heavy atom. The summed E-state index contributed by atoms with van der Waals surface area (Å²) >= 11 is 2.98. The lowest BCUT2D eigenvalue weighted by atomic mass is 10.1. The van der Waals surface area contributed by atoms with Gasteiger partial charge in [-0.25, -0.2) is 0 Å². The van der Waals surface area contributed by atoms with Crippen molar-refractivity contribution < 1.29 is 4.79 Å². The number of benzene rings is 1. The third-order valence-corrected chi connectivity index (χ3v) is 4.71. The van der Waals surface area contributed by atoms with E-state index in [9.17, 15) is 4.79 Å². The van der Waals surface area contributed by atoms with Crippen LogP contribution in [-0.4, -0.2) is 17.9 Å². The molecule has 0 bridgehead atoms. The van der Waals surface area contributed by atoms with Gasteiger partial charge >= 0.3 is 0 Å². The zero-order valence-electron chi connectivity index (χ0n) is 9.77. The van der Waals surface area contributed by atoms with Crippen LogP contribution in [0.15, 0.2) is 40.6 Å². The van der Waals surface area contributed by atoms with Gasteiger partial charge in [0.2, 0.25) is 5.78 Å². The summed E-state index contributed by atoms with van der Waals surface area (Å²) in [6.45, 7) is 0. The number of thioether (sulfide) groups is 1. The fourth-order valence-electron chi connectivity index (χ4n) is 1.59. The van der Waals surface area contributed by atoms with Gasteiger partial charge < -0.3 is 5.73 Å². The van der Waals surface area contributed by atoms with Gasteiger partial charge in [-0.05, 0) is 17.9 Å². The average molecular weight is 276 g/mol. The Kier molecular flexibility index (Phi) is 3.84. The number of nitrogens with two attached hydrogens (primary N) is 1. The van der Waals surface area contributed by atoms with Crippen LogP contribution < -0.4 is 5.73 Å². The SMILES string of the molecule is CSc1sc(C(=O)C(=N)N)cc1-c1ccccc1. The van der Waals surface area contributed by atoms with Crippen molar-refractivity contribution in [2.45, 2.75) is 4.21 Å². The van der Waals surface area contributed by atoms with Crippen LogP contribution in [0.4, 0.5) is 0 Å². The molecule has 3 nitrogen and oxygen atoms in total. The number of Topliss-reactive ketones (excluding diaryl/α,β-unsaturated/α-hetero) is 1. The molecular formula is C13H12N2OS2. The summed E-state index contributed by atoms with van der Waals surface area (Å²) in [7, 11) is 0. The standard InChI is InChI=1S/C13H12N2OS2/c1-17-13-9(8-5-3-2-4-6-8)7-10(18-13)11(16)12(14)15/h2-7H,1H3,(H3,14,15). The first-order chi connectivity index (χ1) is 8.63. The smallest absolute Gasteiger partial charge is 0.237 e. The molecule has 0 unspecified atom stereocenters. The third kappa shape index (κ3) is 2.47. The monoisotopic (exact) mass is 276 g/mol. The van der Waals surface area contributed by atoms with E-state index in [2.05, 4.69) is 0 Å². The van der Waals surface area contributed by atoms with Crippen LogP contribution in [0, 0.1) is 5.41 Å². The van der Waals surface area contributed by atoms with Gasteiger partial charge in [-0.2, -0.15) is 0 Å². The van der Waals surface area contributed by atoms with E-state index in [4.69, 9.17) is 11.1 Å².